The van der Waals surface area contributed by atoms with Crippen LogP contribution in [0.3, 0.4) is 0 Å². The molecule has 18 heavy (non-hydrogen) atoms. The maximum atomic E-state index is 4.23. The molecule has 5 heteroatoms. The lowest BCUT2D eigenvalue weighted by Crippen LogP contribution is -2.52. The highest BCUT2D eigenvalue weighted by Crippen LogP contribution is 2.19. The Morgan fingerprint density at radius 2 is 2.39 bits per heavy atom. The predicted octanol–water partition coefficient (Wildman–Crippen LogP) is 0.988. The molecule has 2 rings (SSSR count). The third-order valence-electron chi connectivity index (χ3n) is 3.78. The van der Waals surface area contributed by atoms with Gasteiger partial charge in [-0.25, -0.2) is 0 Å². The summed E-state index contributed by atoms with van der Waals surface area (Å²) < 4.78 is 1.88. The number of rotatable bonds is 5. The largest absolute Gasteiger partial charge is 0.315 e. The lowest BCUT2D eigenvalue weighted by atomic mass is 10.0. The summed E-state index contributed by atoms with van der Waals surface area (Å²) in [6.45, 7) is 1.21. The molecule has 1 fully saturated rings. The first-order valence-corrected chi connectivity index (χ1v) is 7.79. The summed E-state index contributed by atoms with van der Waals surface area (Å²) in [4.78, 5) is 2.50. The van der Waals surface area contributed by atoms with Crippen LogP contribution in [0, 0.1) is 0 Å². The molecule has 2 atom stereocenters. The van der Waals surface area contributed by atoms with E-state index in [-0.39, 0.29) is 0 Å². The Bertz CT molecular complexity index is 366. The molecule has 0 radical (unpaired) electrons. The monoisotopic (exact) mass is 268 g/mol. The van der Waals surface area contributed by atoms with Crippen molar-refractivity contribution in [2.75, 3.05) is 32.1 Å². The van der Waals surface area contributed by atoms with Gasteiger partial charge in [0.25, 0.3) is 0 Å². The molecule has 4 nitrogen and oxygen atoms in total. The fraction of sp³-hybridized carbons (Fsp3) is 0.769. The van der Waals surface area contributed by atoms with Crippen LogP contribution >= 0.6 is 11.8 Å². The molecule has 1 aliphatic rings. The normalized spacial score (nSPS) is 23.2. The molecule has 0 amide bonds. The zero-order valence-electron chi connectivity index (χ0n) is 11.6. The second-order valence-corrected chi connectivity index (χ2v) is 6.23. The number of nitrogens with one attached hydrogen (secondary N) is 1. The summed E-state index contributed by atoms with van der Waals surface area (Å²) in [6.07, 6.45) is 6.38. The summed E-state index contributed by atoms with van der Waals surface area (Å²) in [5, 5.41) is 7.73. The van der Waals surface area contributed by atoms with E-state index in [2.05, 4.69) is 47.4 Å². The van der Waals surface area contributed by atoms with E-state index in [1.807, 2.05) is 17.9 Å². The van der Waals surface area contributed by atoms with E-state index >= 15 is 0 Å². The van der Waals surface area contributed by atoms with Gasteiger partial charge in [-0.2, -0.15) is 16.9 Å². The molecule has 1 aromatic heterocycles. The van der Waals surface area contributed by atoms with Gasteiger partial charge in [0.05, 0.1) is 6.20 Å². The van der Waals surface area contributed by atoms with Crippen molar-refractivity contribution in [1.29, 1.82) is 0 Å². The Hall–Kier alpha value is -0.520. The Kier molecular flexibility index (Phi) is 5.09. The number of hydrogen-bond donors (Lipinski definition) is 1. The Morgan fingerprint density at radius 3 is 3.00 bits per heavy atom. The van der Waals surface area contributed by atoms with E-state index in [1.165, 1.54) is 30.0 Å². The molecule has 1 aliphatic heterocycles. The average molecular weight is 268 g/mol. The summed E-state index contributed by atoms with van der Waals surface area (Å²) in [5.74, 6) is 2.51. The zero-order chi connectivity index (χ0) is 13.0. The first-order valence-electron chi connectivity index (χ1n) is 6.63. The Labute approximate surface area is 114 Å². The van der Waals surface area contributed by atoms with Gasteiger partial charge in [0.15, 0.2) is 0 Å². The van der Waals surface area contributed by atoms with Crippen LogP contribution in [0.5, 0.6) is 0 Å². The highest BCUT2D eigenvalue weighted by molar-refractivity contribution is 7.99. The summed E-state index contributed by atoms with van der Waals surface area (Å²) >= 11 is 2.08. The molecule has 1 saturated heterocycles. The maximum absolute atomic E-state index is 4.23. The van der Waals surface area contributed by atoms with Crippen molar-refractivity contribution < 1.29 is 0 Å². The van der Waals surface area contributed by atoms with Gasteiger partial charge in [0, 0.05) is 43.4 Å². The molecule has 2 heterocycles. The van der Waals surface area contributed by atoms with Gasteiger partial charge in [-0.3, -0.25) is 4.68 Å². The highest BCUT2D eigenvalue weighted by atomic mass is 32.2. The molecule has 2 unspecified atom stereocenters. The number of hydrogen-bond acceptors (Lipinski definition) is 4. The van der Waals surface area contributed by atoms with Crippen molar-refractivity contribution in [3.8, 4) is 0 Å². The van der Waals surface area contributed by atoms with Gasteiger partial charge in [0.2, 0.25) is 0 Å². The first-order chi connectivity index (χ1) is 8.70. The second kappa shape index (κ2) is 6.59. The molecule has 0 spiro atoms. The summed E-state index contributed by atoms with van der Waals surface area (Å²) in [6, 6.07) is 1.23. The molecule has 1 N–H and O–H groups in total. The van der Waals surface area contributed by atoms with E-state index in [9.17, 15) is 0 Å². The minimum Gasteiger partial charge on any atom is -0.315 e. The number of nitrogens with zero attached hydrogens (tertiary/aromatic N) is 3. The minimum absolute atomic E-state index is 0.572. The zero-order valence-corrected chi connectivity index (χ0v) is 12.4. The van der Waals surface area contributed by atoms with Crippen molar-refractivity contribution in [3.63, 3.8) is 0 Å². The smallest absolute Gasteiger partial charge is 0.0521 e. The van der Waals surface area contributed by atoms with E-state index in [4.69, 9.17) is 0 Å². The summed E-state index contributed by atoms with van der Waals surface area (Å²) in [7, 11) is 6.31. The Morgan fingerprint density at radius 1 is 1.56 bits per heavy atom. The molecule has 0 aromatic carbocycles. The van der Waals surface area contributed by atoms with Gasteiger partial charge in [-0.05, 0) is 32.5 Å². The van der Waals surface area contributed by atoms with Gasteiger partial charge in [-0.1, -0.05) is 0 Å². The lowest BCUT2D eigenvalue weighted by Gasteiger charge is -2.37. The van der Waals surface area contributed by atoms with Crippen LogP contribution < -0.4 is 5.32 Å². The molecular formula is C13H24N4S. The van der Waals surface area contributed by atoms with Crippen molar-refractivity contribution in [2.45, 2.75) is 24.9 Å². The third-order valence-corrected chi connectivity index (χ3v) is 4.83. The fourth-order valence-electron chi connectivity index (χ4n) is 2.58. The van der Waals surface area contributed by atoms with Crippen LogP contribution in [-0.2, 0) is 13.5 Å². The molecule has 1 aromatic rings. The fourth-order valence-corrected chi connectivity index (χ4v) is 3.89. The van der Waals surface area contributed by atoms with Crippen LogP contribution in [0.1, 0.15) is 12.0 Å². The van der Waals surface area contributed by atoms with Gasteiger partial charge in [0.1, 0.15) is 0 Å². The maximum Gasteiger partial charge on any atom is 0.0521 e. The van der Waals surface area contributed by atoms with E-state index in [0.29, 0.717) is 12.1 Å². The minimum atomic E-state index is 0.572. The Balaban J connectivity index is 1.88. The molecule has 102 valence electrons. The molecule has 0 aliphatic carbocycles. The number of likely N-dealkylation sites (N-methyl/N-ethyl adjacent to an activating group) is 2. The quantitative estimate of drug-likeness (QED) is 0.863. The van der Waals surface area contributed by atoms with Crippen LogP contribution in [0.25, 0.3) is 0 Å². The third kappa shape index (κ3) is 3.49. The SMILES string of the molecule is CNC(CCc1cnn(C)c1)C1CSCCN1C. The van der Waals surface area contributed by atoms with Gasteiger partial charge >= 0.3 is 0 Å². The topological polar surface area (TPSA) is 33.1 Å². The lowest BCUT2D eigenvalue weighted by molar-refractivity contribution is 0.214. The highest BCUT2D eigenvalue weighted by Gasteiger charge is 2.26. The molecule has 0 bridgehead atoms. The van der Waals surface area contributed by atoms with E-state index < -0.39 is 0 Å². The van der Waals surface area contributed by atoms with Gasteiger partial charge in [-0.15, -0.1) is 0 Å². The number of thioether (sulfide) groups is 1. The predicted molar refractivity (Wildman–Crippen MR) is 78.1 cm³/mol. The van der Waals surface area contributed by atoms with Gasteiger partial charge < -0.3 is 10.2 Å². The standard InChI is InChI=1S/C13H24N4S/c1-14-12(13-10-18-7-6-16(13)2)5-4-11-8-15-17(3)9-11/h8-9,12-14H,4-7,10H2,1-3H3. The number of aryl methyl sites for hydroxylation is 2. The van der Waals surface area contributed by atoms with Crippen molar-refractivity contribution in [2.24, 2.45) is 7.05 Å². The van der Waals surface area contributed by atoms with Crippen LogP contribution in [0.4, 0.5) is 0 Å². The first kappa shape index (κ1) is 13.9. The van der Waals surface area contributed by atoms with E-state index in [0.717, 1.165) is 6.42 Å². The average Bonchev–Trinajstić information content (AvgIpc) is 2.78. The number of aromatic nitrogens is 2. The molecular weight excluding hydrogens is 244 g/mol. The second-order valence-electron chi connectivity index (χ2n) is 5.08. The van der Waals surface area contributed by atoms with Crippen LogP contribution in [0.2, 0.25) is 0 Å². The van der Waals surface area contributed by atoms with Crippen LogP contribution in [-0.4, -0.2) is 58.9 Å². The molecule has 0 saturated carbocycles. The summed E-state index contributed by atoms with van der Waals surface area (Å²) in [5.41, 5.74) is 1.34. The van der Waals surface area contributed by atoms with Crippen molar-refractivity contribution >= 4 is 11.8 Å². The van der Waals surface area contributed by atoms with Crippen molar-refractivity contribution in [1.82, 2.24) is 20.0 Å². The van der Waals surface area contributed by atoms with E-state index in [1.54, 1.807) is 0 Å². The van der Waals surface area contributed by atoms with Crippen molar-refractivity contribution in [3.05, 3.63) is 18.0 Å². The van der Waals surface area contributed by atoms with Crippen LogP contribution in [0.15, 0.2) is 12.4 Å².